The highest BCUT2D eigenvalue weighted by molar-refractivity contribution is 6.44. The van der Waals surface area contributed by atoms with Crippen LogP contribution in [-0.4, -0.2) is 5.91 Å². The molecule has 1 N–H and O–H groups in total. The van der Waals surface area contributed by atoms with E-state index in [0.717, 1.165) is 5.56 Å². The van der Waals surface area contributed by atoms with Gasteiger partial charge in [0, 0.05) is 11.4 Å². The van der Waals surface area contributed by atoms with Crippen LogP contribution in [0, 0.1) is 0 Å². The van der Waals surface area contributed by atoms with Crippen molar-refractivity contribution in [2.24, 2.45) is 0 Å². The Labute approximate surface area is 132 Å². The molecule has 2 aromatic rings. The molecular formula is C15H12Cl3NO. The fourth-order valence-corrected chi connectivity index (χ4v) is 2.34. The molecule has 0 atom stereocenters. The standard InChI is InChI=1S/C15H12Cl3NO/c16-11-5-2-1-4-10(11)8-9-14(20)19-13-7-3-6-12(17)15(13)18/h1-7H,8-9H2,(H,19,20). The smallest absolute Gasteiger partial charge is 0.224 e. The molecule has 0 spiro atoms. The summed E-state index contributed by atoms with van der Waals surface area (Å²) in [5.41, 5.74) is 1.46. The summed E-state index contributed by atoms with van der Waals surface area (Å²) in [7, 11) is 0. The molecule has 2 rings (SSSR count). The minimum absolute atomic E-state index is 0.130. The lowest BCUT2D eigenvalue weighted by molar-refractivity contribution is -0.116. The minimum Gasteiger partial charge on any atom is -0.325 e. The topological polar surface area (TPSA) is 29.1 Å². The number of nitrogens with one attached hydrogen (secondary N) is 1. The van der Waals surface area contributed by atoms with Crippen molar-refractivity contribution in [1.82, 2.24) is 0 Å². The molecule has 2 aromatic carbocycles. The summed E-state index contributed by atoms with van der Waals surface area (Å²) in [4.78, 5) is 11.9. The van der Waals surface area contributed by atoms with Crippen LogP contribution in [0.1, 0.15) is 12.0 Å². The van der Waals surface area contributed by atoms with Crippen LogP contribution in [0.2, 0.25) is 15.1 Å². The number of carbonyl (C=O) groups is 1. The summed E-state index contributed by atoms with van der Waals surface area (Å²) in [6.45, 7) is 0. The quantitative estimate of drug-likeness (QED) is 0.819. The Balaban J connectivity index is 1.96. The number of aryl methyl sites for hydroxylation is 1. The Morgan fingerprint density at radius 1 is 0.950 bits per heavy atom. The van der Waals surface area contributed by atoms with E-state index in [1.54, 1.807) is 18.2 Å². The third-order valence-corrected chi connectivity index (χ3v) is 3.99. The maximum Gasteiger partial charge on any atom is 0.224 e. The Hall–Kier alpha value is -1.22. The van der Waals surface area contributed by atoms with Crippen molar-refractivity contribution in [2.45, 2.75) is 12.8 Å². The lowest BCUT2D eigenvalue weighted by Gasteiger charge is -2.08. The average molecular weight is 329 g/mol. The highest BCUT2D eigenvalue weighted by Gasteiger charge is 2.09. The van der Waals surface area contributed by atoms with Crippen LogP contribution in [-0.2, 0) is 11.2 Å². The van der Waals surface area contributed by atoms with Crippen molar-refractivity contribution in [3.63, 3.8) is 0 Å². The van der Waals surface area contributed by atoms with Crippen molar-refractivity contribution in [2.75, 3.05) is 5.32 Å². The summed E-state index contributed by atoms with van der Waals surface area (Å²) in [5.74, 6) is -0.130. The van der Waals surface area contributed by atoms with E-state index in [-0.39, 0.29) is 5.91 Å². The summed E-state index contributed by atoms with van der Waals surface area (Å²) >= 11 is 17.9. The van der Waals surface area contributed by atoms with E-state index in [1.807, 2.05) is 24.3 Å². The summed E-state index contributed by atoms with van der Waals surface area (Å²) in [5, 5.41) is 4.17. The van der Waals surface area contributed by atoms with Crippen molar-refractivity contribution in [3.05, 3.63) is 63.1 Å². The van der Waals surface area contributed by atoms with Crippen LogP contribution >= 0.6 is 34.8 Å². The first-order valence-electron chi connectivity index (χ1n) is 6.05. The summed E-state index contributed by atoms with van der Waals surface area (Å²) in [6.07, 6.45) is 0.899. The van der Waals surface area contributed by atoms with Gasteiger partial charge in [0.1, 0.15) is 0 Å². The number of benzene rings is 2. The molecule has 0 aliphatic rings. The Bertz CT molecular complexity index is 628. The van der Waals surface area contributed by atoms with Gasteiger partial charge in [0.2, 0.25) is 5.91 Å². The van der Waals surface area contributed by atoms with Crippen molar-refractivity contribution in [1.29, 1.82) is 0 Å². The molecule has 0 aromatic heterocycles. The number of halogens is 3. The second kappa shape index (κ2) is 6.98. The van der Waals surface area contributed by atoms with E-state index in [2.05, 4.69) is 5.32 Å². The zero-order valence-electron chi connectivity index (χ0n) is 10.5. The lowest BCUT2D eigenvalue weighted by atomic mass is 10.1. The predicted octanol–water partition coefficient (Wildman–Crippen LogP) is 5.22. The van der Waals surface area contributed by atoms with Crippen molar-refractivity contribution >= 4 is 46.4 Å². The number of hydrogen-bond acceptors (Lipinski definition) is 1. The largest absolute Gasteiger partial charge is 0.325 e. The summed E-state index contributed by atoms with van der Waals surface area (Å²) in [6, 6.07) is 12.6. The van der Waals surface area contributed by atoms with Gasteiger partial charge >= 0.3 is 0 Å². The zero-order chi connectivity index (χ0) is 14.5. The van der Waals surface area contributed by atoms with E-state index < -0.39 is 0 Å². The molecule has 0 aliphatic heterocycles. The number of anilines is 1. The monoisotopic (exact) mass is 327 g/mol. The van der Waals surface area contributed by atoms with Gasteiger partial charge in [-0.2, -0.15) is 0 Å². The number of rotatable bonds is 4. The van der Waals surface area contributed by atoms with Gasteiger partial charge in [-0.05, 0) is 30.2 Å². The zero-order valence-corrected chi connectivity index (χ0v) is 12.8. The molecule has 0 saturated heterocycles. The maximum absolute atomic E-state index is 11.9. The van der Waals surface area contributed by atoms with Crippen LogP contribution in [0.5, 0.6) is 0 Å². The third kappa shape index (κ3) is 3.89. The van der Waals surface area contributed by atoms with Crippen molar-refractivity contribution < 1.29 is 4.79 Å². The van der Waals surface area contributed by atoms with Crippen molar-refractivity contribution in [3.8, 4) is 0 Å². The SMILES string of the molecule is O=C(CCc1ccccc1Cl)Nc1cccc(Cl)c1Cl. The van der Waals surface area contributed by atoms with Gasteiger partial charge in [-0.15, -0.1) is 0 Å². The molecule has 20 heavy (non-hydrogen) atoms. The first-order chi connectivity index (χ1) is 9.58. The molecule has 0 radical (unpaired) electrons. The molecule has 0 bridgehead atoms. The fraction of sp³-hybridized carbons (Fsp3) is 0.133. The second-order valence-corrected chi connectivity index (χ2v) is 5.43. The van der Waals surface area contributed by atoms with Gasteiger partial charge in [-0.1, -0.05) is 59.1 Å². The molecule has 2 nitrogen and oxygen atoms in total. The van der Waals surface area contributed by atoms with Gasteiger partial charge in [-0.3, -0.25) is 4.79 Å². The number of amides is 1. The van der Waals surface area contributed by atoms with Gasteiger partial charge in [0.05, 0.1) is 15.7 Å². The van der Waals surface area contributed by atoms with E-state index in [1.165, 1.54) is 0 Å². The maximum atomic E-state index is 11.9. The molecule has 0 unspecified atom stereocenters. The Morgan fingerprint density at radius 2 is 1.65 bits per heavy atom. The molecule has 1 amide bonds. The van der Waals surface area contributed by atoms with Gasteiger partial charge in [0.25, 0.3) is 0 Å². The van der Waals surface area contributed by atoms with E-state index in [0.29, 0.717) is 33.6 Å². The van der Waals surface area contributed by atoms with Crippen LogP contribution in [0.4, 0.5) is 5.69 Å². The highest BCUT2D eigenvalue weighted by Crippen LogP contribution is 2.29. The third-order valence-electron chi connectivity index (χ3n) is 2.80. The summed E-state index contributed by atoms with van der Waals surface area (Å²) < 4.78 is 0. The van der Waals surface area contributed by atoms with Gasteiger partial charge < -0.3 is 5.32 Å². The van der Waals surface area contributed by atoms with Gasteiger partial charge in [0.15, 0.2) is 0 Å². The van der Waals surface area contributed by atoms with Crippen LogP contribution in [0.25, 0.3) is 0 Å². The van der Waals surface area contributed by atoms with Gasteiger partial charge in [-0.25, -0.2) is 0 Å². The molecule has 0 saturated carbocycles. The number of carbonyl (C=O) groups excluding carboxylic acids is 1. The Morgan fingerprint density at radius 3 is 2.40 bits per heavy atom. The predicted molar refractivity (Wildman–Crippen MR) is 84.9 cm³/mol. The normalized spacial score (nSPS) is 10.3. The second-order valence-electron chi connectivity index (χ2n) is 4.24. The van der Waals surface area contributed by atoms with Crippen LogP contribution in [0.3, 0.4) is 0 Å². The fourth-order valence-electron chi connectivity index (χ4n) is 1.76. The molecule has 0 aliphatic carbocycles. The minimum atomic E-state index is -0.130. The molecule has 0 heterocycles. The first-order valence-corrected chi connectivity index (χ1v) is 7.18. The number of hydrogen-bond donors (Lipinski definition) is 1. The van der Waals surface area contributed by atoms with E-state index in [4.69, 9.17) is 34.8 Å². The first kappa shape index (κ1) is 15.2. The Kier molecular flexibility index (Phi) is 5.30. The molecule has 5 heteroatoms. The van der Waals surface area contributed by atoms with E-state index in [9.17, 15) is 4.79 Å². The van der Waals surface area contributed by atoms with Crippen LogP contribution in [0.15, 0.2) is 42.5 Å². The molecule has 0 fully saturated rings. The molecule has 104 valence electrons. The average Bonchev–Trinajstić information content (AvgIpc) is 2.43. The highest BCUT2D eigenvalue weighted by atomic mass is 35.5. The van der Waals surface area contributed by atoms with Crippen LogP contribution < -0.4 is 5.32 Å². The molecular weight excluding hydrogens is 317 g/mol. The van der Waals surface area contributed by atoms with E-state index >= 15 is 0 Å². The lowest BCUT2D eigenvalue weighted by Crippen LogP contribution is -2.12.